The van der Waals surface area contributed by atoms with Crippen LogP contribution in [0.15, 0.2) is 41.4 Å². The molecular formula is C20H26F3N5O2. The Morgan fingerprint density at radius 3 is 2.47 bits per heavy atom. The van der Waals surface area contributed by atoms with E-state index in [1.54, 1.807) is 28.9 Å². The number of pyridine rings is 1. The van der Waals surface area contributed by atoms with Crippen molar-refractivity contribution in [3.8, 4) is 0 Å². The zero-order valence-electron chi connectivity index (χ0n) is 17.1. The molecule has 0 aliphatic heterocycles. The Morgan fingerprint density at radius 1 is 1.37 bits per heavy atom. The van der Waals surface area contributed by atoms with Gasteiger partial charge in [-0.15, -0.1) is 0 Å². The third-order valence-corrected chi connectivity index (χ3v) is 4.94. The summed E-state index contributed by atoms with van der Waals surface area (Å²) >= 11 is 0. The van der Waals surface area contributed by atoms with Crippen molar-refractivity contribution in [1.82, 2.24) is 9.41 Å². The minimum absolute atomic E-state index is 0.0215. The Balaban J connectivity index is 2.38. The summed E-state index contributed by atoms with van der Waals surface area (Å²) in [6.45, 7) is 8.23. The summed E-state index contributed by atoms with van der Waals surface area (Å²) in [6.07, 6.45) is -1.34. The van der Waals surface area contributed by atoms with Crippen LogP contribution in [0.3, 0.4) is 0 Å². The minimum atomic E-state index is -4.93. The van der Waals surface area contributed by atoms with Gasteiger partial charge in [0.2, 0.25) is 5.60 Å². The minimum Gasteiger partial charge on any atom is -0.375 e. The van der Waals surface area contributed by atoms with Gasteiger partial charge in [-0.1, -0.05) is 26.8 Å². The molecular weight excluding hydrogens is 399 g/mol. The number of hydrogen-bond acceptors (Lipinski definition) is 5. The van der Waals surface area contributed by atoms with Crippen molar-refractivity contribution >= 4 is 18.1 Å². The van der Waals surface area contributed by atoms with E-state index < -0.39 is 29.8 Å². The number of rotatable bonds is 8. The van der Waals surface area contributed by atoms with Crippen LogP contribution in [0, 0.1) is 0 Å². The maximum atomic E-state index is 13.3. The molecule has 10 heteroatoms. The first-order valence-corrected chi connectivity index (χ1v) is 9.28. The van der Waals surface area contributed by atoms with E-state index in [9.17, 15) is 23.1 Å². The monoisotopic (exact) mass is 425 g/mol. The Labute approximate surface area is 172 Å². The molecule has 0 bridgehead atoms. The van der Waals surface area contributed by atoms with Crippen LogP contribution in [0.25, 0.3) is 5.52 Å². The van der Waals surface area contributed by atoms with Gasteiger partial charge in [-0.2, -0.15) is 13.2 Å². The normalized spacial score (nSPS) is 14.8. The molecule has 0 saturated carbocycles. The van der Waals surface area contributed by atoms with E-state index in [4.69, 9.17) is 11.6 Å². The number of carbonyl (C=O) groups is 1. The number of hydrogen-bond donors (Lipinski definition) is 3. The predicted octanol–water partition coefficient (Wildman–Crippen LogP) is 3.08. The topological polar surface area (TPSA) is 109 Å². The summed E-state index contributed by atoms with van der Waals surface area (Å²) in [5.74, 6) is 5.38. The van der Waals surface area contributed by atoms with Gasteiger partial charge in [-0.05, 0) is 36.2 Å². The maximum Gasteiger partial charge on any atom is 0.423 e. The van der Waals surface area contributed by atoms with Gasteiger partial charge in [0.1, 0.15) is 0 Å². The van der Waals surface area contributed by atoms with E-state index in [0.29, 0.717) is 11.1 Å². The molecule has 0 aliphatic rings. The number of aliphatic hydroxyl groups is 1. The highest BCUT2D eigenvalue weighted by molar-refractivity contribution is 5.97. The number of aromatic nitrogens is 1. The van der Waals surface area contributed by atoms with Crippen LogP contribution in [0.4, 0.5) is 13.2 Å². The number of nitrogens with zero attached hydrogens (tertiary/aromatic N) is 3. The van der Waals surface area contributed by atoms with Crippen LogP contribution in [0.1, 0.15) is 54.6 Å². The Hall–Kier alpha value is -2.85. The average Bonchev–Trinajstić information content (AvgIpc) is 3.03. The number of fused-ring (bicyclic) bond motifs is 1. The van der Waals surface area contributed by atoms with E-state index in [2.05, 4.69) is 11.7 Å². The van der Waals surface area contributed by atoms with Crippen LogP contribution < -0.4 is 11.6 Å². The van der Waals surface area contributed by atoms with Gasteiger partial charge in [-0.3, -0.25) is 9.79 Å². The van der Waals surface area contributed by atoms with Crippen molar-refractivity contribution in [3.63, 3.8) is 0 Å². The molecule has 0 radical (unpaired) electrons. The number of hydrazine groups is 1. The van der Waals surface area contributed by atoms with Crippen molar-refractivity contribution in [2.24, 2.45) is 16.6 Å². The molecule has 164 valence electrons. The third-order valence-electron chi connectivity index (χ3n) is 4.94. The van der Waals surface area contributed by atoms with Crippen LogP contribution in [0.2, 0.25) is 0 Å². The molecule has 5 N–H and O–H groups in total. The smallest absolute Gasteiger partial charge is 0.375 e. The molecule has 2 rings (SSSR count). The number of nitrogens with two attached hydrogens (primary N) is 2. The van der Waals surface area contributed by atoms with Crippen molar-refractivity contribution < 1.29 is 23.1 Å². The number of amides is 1. The summed E-state index contributed by atoms with van der Waals surface area (Å²) in [6, 6.07) is 3.54. The molecule has 0 aromatic carbocycles. The lowest BCUT2D eigenvalue weighted by Gasteiger charge is -2.30. The number of alkyl halides is 3. The molecule has 0 spiro atoms. The Morgan fingerprint density at radius 2 is 2.00 bits per heavy atom. The van der Waals surface area contributed by atoms with Crippen molar-refractivity contribution in [3.05, 3.63) is 53.1 Å². The second-order valence-electron chi connectivity index (χ2n) is 7.36. The molecule has 1 unspecified atom stereocenters. The molecule has 0 fully saturated rings. The first-order valence-electron chi connectivity index (χ1n) is 9.28. The third kappa shape index (κ3) is 4.34. The average molecular weight is 425 g/mol. The number of primary amides is 1. The molecule has 2 heterocycles. The van der Waals surface area contributed by atoms with E-state index >= 15 is 0 Å². The molecule has 1 atom stereocenters. The quantitative estimate of drug-likeness (QED) is 0.343. The van der Waals surface area contributed by atoms with Gasteiger partial charge >= 0.3 is 6.18 Å². The molecule has 2 aromatic rings. The lowest BCUT2D eigenvalue weighted by Crippen LogP contribution is -2.46. The SMILES string of the molecule is C=N/C(=C\N(N)Cc1ccc2c(C(C)C)c(C(N)=O)cn2c1)C(O)(CC)C(F)(F)F. The van der Waals surface area contributed by atoms with Gasteiger partial charge in [0.25, 0.3) is 5.91 Å². The number of carbonyl (C=O) groups excluding carboxylic acids is 1. The van der Waals surface area contributed by atoms with Crippen molar-refractivity contribution in [1.29, 1.82) is 0 Å². The maximum absolute atomic E-state index is 13.3. The second-order valence-corrected chi connectivity index (χ2v) is 7.36. The zero-order chi connectivity index (χ0) is 22.9. The molecule has 0 saturated heterocycles. The van der Waals surface area contributed by atoms with Gasteiger partial charge in [-0.25, -0.2) is 5.84 Å². The van der Waals surface area contributed by atoms with E-state index in [1.807, 2.05) is 13.8 Å². The molecule has 7 nitrogen and oxygen atoms in total. The van der Waals surface area contributed by atoms with Gasteiger partial charge in [0.05, 0.1) is 17.8 Å². The van der Waals surface area contributed by atoms with E-state index in [1.165, 1.54) is 6.92 Å². The highest BCUT2D eigenvalue weighted by atomic mass is 19.4. The first kappa shape index (κ1) is 23.4. The van der Waals surface area contributed by atoms with Crippen LogP contribution in [-0.4, -0.2) is 38.9 Å². The van der Waals surface area contributed by atoms with Crippen LogP contribution in [0.5, 0.6) is 0 Å². The van der Waals surface area contributed by atoms with Gasteiger partial charge in [0.15, 0.2) is 0 Å². The number of halogens is 3. The summed E-state index contributed by atoms with van der Waals surface area (Å²) < 4.78 is 41.6. The van der Waals surface area contributed by atoms with Crippen LogP contribution in [-0.2, 0) is 6.54 Å². The fourth-order valence-corrected chi connectivity index (χ4v) is 3.36. The van der Waals surface area contributed by atoms with Gasteiger partial charge < -0.3 is 20.2 Å². The standard InChI is InChI=1S/C20H26F3N5O2/c1-5-19(30,20(21,22)23)16(26-4)11-28(25)9-13-6-7-15-17(12(2)3)14(18(24)29)10-27(15)8-13/h6-8,10-12,30H,4-5,9,25H2,1-3H3,(H2,24,29)/b16-11-. The zero-order valence-corrected chi connectivity index (χ0v) is 17.1. The summed E-state index contributed by atoms with van der Waals surface area (Å²) in [7, 11) is 0. The molecule has 30 heavy (non-hydrogen) atoms. The van der Waals surface area contributed by atoms with Crippen molar-refractivity contribution in [2.75, 3.05) is 0 Å². The van der Waals surface area contributed by atoms with Gasteiger partial charge in [0, 0.05) is 24.1 Å². The van der Waals surface area contributed by atoms with E-state index in [-0.39, 0.29) is 12.5 Å². The second kappa shape index (κ2) is 8.49. The Kier molecular flexibility index (Phi) is 6.63. The highest BCUT2D eigenvalue weighted by Gasteiger charge is 2.55. The fraction of sp³-hybridized carbons (Fsp3) is 0.400. The largest absolute Gasteiger partial charge is 0.423 e. The summed E-state index contributed by atoms with van der Waals surface area (Å²) in [5.41, 5.74) is 4.30. The summed E-state index contributed by atoms with van der Waals surface area (Å²) in [5, 5.41) is 11.0. The van der Waals surface area contributed by atoms with Crippen molar-refractivity contribution in [2.45, 2.75) is 51.4 Å². The molecule has 1 amide bonds. The van der Waals surface area contributed by atoms with Crippen LogP contribution >= 0.6 is 0 Å². The highest BCUT2D eigenvalue weighted by Crippen LogP contribution is 2.39. The number of aliphatic imine (C=N–C) groups is 1. The van der Waals surface area contributed by atoms with E-state index in [0.717, 1.165) is 22.3 Å². The fourth-order valence-electron chi connectivity index (χ4n) is 3.36. The summed E-state index contributed by atoms with van der Waals surface area (Å²) in [4.78, 5) is 15.1. The predicted molar refractivity (Wildman–Crippen MR) is 109 cm³/mol. The molecule has 2 aromatic heterocycles. The Bertz CT molecular complexity index is 981. The first-order chi connectivity index (χ1) is 13.9. The molecule has 0 aliphatic carbocycles. The lowest BCUT2D eigenvalue weighted by molar-refractivity contribution is -0.245. The lowest BCUT2D eigenvalue weighted by atomic mass is 9.96.